The van der Waals surface area contributed by atoms with Gasteiger partial charge in [0.05, 0.1) is 5.60 Å². The Labute approximate surface area is 163 Å². The van der Waals surface area contributed by atoms with Gasteiger partial charge in [-0.3, -0.25) is 0 Å². The molecule has 1 aromatic carbocycles. The molecule has 0 amide bonds. The molecule has 0 bridgehead atoms. The summed E-state index contributed by atoms with van der Waals surface area (Å²) in [6.07, 6.45) is 6.16. The molecule has 2 N–H and O–H groups in total. The summed E-state index contributed by atoms with van der Waals surface area (Å²) in [5.74, 6) is 0. The minimum absolute atomic E-state index is 0.535. The normalized spacial score (nSPS) is 28.6. The zero-order valence-electron chi connectivity index (χ0n) is 16.3. The lowest BCUT2D eigenvalue weighted by Crippen LogP contribution is -2.49. The van der Waals surface area contributed by atoms with Crippen LogP contribution in [-0.2, 0) is 5.60 Å². The summed E-state index contributed by atoms with van der Waals surface area (Å²) in [5, 5.41) is 15.6. The van der Waals surface area contributed by atoms with Crippen molar-refractivity contribution in [2.45, 2.75) is 56.2 Å². The summed E-state index contributed by atoms with van der Waals surface area (Å²) in [6, 6.07) is 8.89. The highest BCUT2D eigenvalue weighted by molar-refractivity contribution is 6.30. The van der Waals surface area contributed by atoms with Crippen LogP contribution in [0.2, 0.25) is 5.02 Å². The van der Waals surface area contributed by atoms with E-state index in [1.165, 1.54) is 32.5 Å². The fraction of sp³-hybridized carbons (Fsp3) is 0.714. The van der Waals surface area contributed by atoms with Gasteiger partial charge in [0.25, 0.3) is 0 Å². The number of benzene rings is 1. The first-order chi connectivity index (χ1) is 12.4. The highest BCUT2D eigenvalue weighted by Gasteiger charge is 2.35. The lowest BCUT2D eigenvalue weighted by molar-refractivity contribution is -0.0102. The highest BCUT2D eigenvalue weighted by atomic mass is 35.5. The highest BCUT2D eigenvalue weighted by Crippen LogP contribution is 2.38. The number of likely N-dealkylation sites (N-methyl/N-ethyl adjacent to an activating group) is 1. The third-order valence-corrected chi connectivity index (χ3v) is 6.33. The predicted octanol–water partition coefficient (Wildman–Crippen LogP) is 3.09. The number of halogens is 1. The molecular weight excluding hydrogens is 346 g/mol. The number of hydrogen-bond acceptors (Lipinski definition) is 4. The van der Waals surface area contributed by atoms with Gasteiger partial charge in [0.2, 0.25) is 0 Å². The van der Waals surface area contributed by atoms with Crippen LogP contribution in [0, 0.1) is 0 Å². The topological polar surface area (TPSA) is 38.7 Å². The fourth-order valence-electron chi connectivity index (χ4n) is 4.33. The Morgan fingerprint density at radius 1 is 1.15 bits per heavy atom. The smallest absolute Gasteiger partial charge is 0.0898 e. The maximum absolute atomic E-state index is 11.0. The molecule has 1 aliphatic heterocycles. The molecule has 0 unspecified atom stereocenters. The van der Waals surface area contributed by atoms with Crippen LogP contribution >= 0.6 is 11.6 Å². The third kappa shape index (κ3) is 5.43. The number of aliphatic hydroxyl groups is 1. The molecule has 1 saturated heterocycles. The summed E-state index contributed by atoms with van der Waals surface area (Å²) in [7, 11) is 4.28. The first-order valence-corrected chi connectivity index (χ1v) is 10.4. The quantitative estimate of drug-likeness (QED) is 0.796. The first kappa shape index (κ1) is 20.1. The van der Waals surface area contributed by atoms with Crippen molar-refractivity contribution < 1.29 is 5.11 Å². The average Bonchev–Trinajstić information content (AvgIpc) is 2.63. The fourth-order valence-corrected chi connectivity index (χ4v) is 4.52. The molecule has 1 aromatic rings. The van der Waals surface area contributed by atoms with E-state index in [4.69, 9.17) is 11.6 Å². The third-order valence-electron chi connectivity index (χ3n) is 6.10. The van der Waals surface area contributed by atoms with Gasteiger partial charge in [0.15, 0.2) is 0 Å². The molecule has 0 aromatic heterocycles. The summed E-state index contributed by atoms with van der Waals surface area (Å²) < 4.78 is 0. The summed E-state index contributed by atoms with van der Waals surface area (Å²) in [4.78, 5) is 4.84. The van der Waals surface area contributed by atoms with E-state index in [9.17, 15) is 5.11 Å². The van der Waals surface area contributed by atoms with Crippen molar-refractivity contribution >= 4 is 11.6 Å². The minimum atomic E-state index is -0.710. The van der Waals surface area contributed by atoms with E-state index < -0.39 is 5.60 Å². The lowest BCUT2D eigenvalue weighted by Gasteiger charge is -2.40. The van der Waals surface area contributed by atoms with E-state index in [-0.39, 0.29) is 0 Å². The SMILES string of the molecule is CN(C)CCN1CCC(NC2CCC(O)(c3cccc(Cl)c3)CC2)CC1. The molecule has 146 valence electrons. The van der Waals surface area contributed by atoms with Crippen molar-refractivity contribution in [3.8, 4) is 0 Å². The summed E-state index contributed by atoms with van der Waals surface area (Å²) in [6.45, 7) is 4.72. The van der Waals surface area contributed by atoms with Gasteiger partial charge in [-0.25, -0.2) is 0 Å². The number of nitrogens with zero attached hydrogens (tertiary/aromatic N) is 2. The maximum atomic E-state index is 11.0. The molecule has 5 heteroatoms. The van der Waals surface area contributed by atoms with E-state index >= 15 is 0 Å². The van der Waals surface area contributed by atoms with E-state index in [0.717, 1.165) is 37.8 Å². The van der Waals surface area contributed by atoms with Gasteiger partial charge in [-0.15, -0.1) is 0 Å². The van der Waals surface area contributed by atoms with Gasteiger partial charge in [-0.05, 0) is 83.4 Å². The van der Waals surface area contributed by atoms with Crippen molar-refractivity contribution in [2.24, 2.45) is 0 Å². The average molecular weight is 380 g/mol. The van der Waals surface area contributed by atoms with Gasteiger partial charge >= 0.3 is 0 Å². The standard InChI is InChI=1S/C21H34ClN3O/c1-24(2)14-15-25-12-8-20(9-13-25)23-19-6-10-21(26,11-7-19)17-4-3-5-18(22)16-17/h3-5,16,19-20,23,26H,6-15H2,1-2H3. The Morgan fingerprint density at radius 3 is 2.42 bits per heavy atom. The lowest BCUT2D eigenvalue weighted by atomic mass is 9.77. The number of hydrogen-bond donors (Lipinski definition) is 2. The number of piperidine rings is 1. The molecule has 1 heterocycles. The van der Waals surface area contributed by atoms with Crippen molar-refractivity contribution in [1.29, 1.82) is 0 Å². The molecule has 26 heavy (non-hydrogen) atoms. The van der Waals surface area contributed by atoms with Gasteiger partial charge in [0.1, 0.15) is 0 Å². The Balaban J connectivity index is 1.42. The van der Waals surface area contributed by atoms with E-state index in [2.05, 4.69) is 29.2 Å². The van der Waals surface area contributed by atoms with Crippen molar-refractivity contribution in [2.75, 3.05) is 40.3 Å². The Bertz CT molecular complexity index is 564. The van der Waals surface area contributed by atoms with Crippen LogP contribution in [-0.4, -0.2) is 67.3 Å². The number of nitrogens with one attached hydrogen (secondary N) is 1. The van der Waals surface area contributed by atoms with Crippen LogP contribution in [0.5, 0.6) is 0 Å². The first-order valence-electron chi connectivity index (χ1n) is 10.1. The molecule has 2 fully saturated rings. The maximum Gasteiger partial charge on any atom is 0.0898 e. The largest absolute Gasteiger partial charge is 0.385 e. The molecule has 1 saturated carbocycles. The zero-order valence-corrected chi connectivity index (χ0v) is 17.0. The van der Waals surface area contributed by atoms with Crippen LogP contribution in [0.3, 0.4) is 0 Å². The van der Waals surface area contributed by atoms with Crippen molar-refractivity contribution in [3.05, 3.63) is 34.9 Å². The molecule has 2 aliphatic rings. The Hall–Kier alpha value is -0.650. The van der Waals surface area contributed by atoms with Gasteiger partial charge in [-0.2, -0.15) is 0 Å². The predicted molar refractivity (Wildman–Crippen MR) is 109 cm³/mol. The van der Waals surface area contributed by atoms with Crippen molar-refractivity contribution in [3.63, 3.8) is 0 Å². The Morgan fingerprint density at radius 2 is 1.81 bits per heavy atom. The van der Waals surface area contributed by atoms with Crippen LogP contribution in [0.15, 0.2) is 24.3 Å². The van der Waals surface area contributed by atoms with Crippen molar-refractivity contribution in [1.82, 2.24) is 15.1 Å². The van der Waals surface area contributed by atoms with E-state index in [1.807, 2.05) is 24.3 Å². The molecule has 0 atom stereocenters. The summed E-state index contributed by atoms with van der Waals surface area (Å²) >= 11 is 6.10. The Kier molecular flexibility index (Phi) is 6.98. The zero-order chi connectivity index (χ0) is 18.6. The van der Waals surface area contributed by atoms with Crippen LogP contribution in [0.25, 0.3) is 0 Å². The monoisotopic (exact) mass is 379 g/mol. The summed E-state index contributed by atoms with van der Waals surface area (Å²) in [5.41, 5.74) is 0.260. The molecule has 0 radical (unpaired) electrons. The van der Waals surface area contributed by atoms with Crippen LogP contribution in [0.4, 0.5) is 0 Å². The van der Waals surface area contributed by atoms with Crippen LogP contribution < -0.4 is 5.32 Å². The molecular formula is C21H34ClN3O. The second-order valence-electron chi connectivity index (χ2n) is 8.40. The number of likely N-dealkylation sites (tertiary alicyclic amines) is 1. The molecule has 1 aliphatic carbocycles. The minimum Gasteiger partial charge on any atom is -0.385 e. The second kappa shape index (κ2) is 9.03. The van der Waals surface area contributed by atoms with Gasteiger partial charge in [-0.1, -0.05) is 23.7 Å². The molecule has 0 spiro atoms. The van der Waals surface area contributed by atoms with E-state index in [0.29, 0.717) is 17.1 Å². The number of rotatable bonds is 6. The molecule has 4 nitrogen and oxygen atoms in total. The van der Waals surface area contributed by atoms with Gasteiger partial charge < -0.3 is 20.2 Å². The van der Waals surface area contributed by atoms with E-state index in [1.54, 1.807) is 0 Å². The van der Waals surface area contributed by atoms with Crippen LogP contribution in [0.1, 0.15) is 44.1 Å². The second-order valence-corrected chi connectivity index (χ2v) is 8.84. The van der Waals surface area contributed by atoms with Gasteiger partial charge in [0, 0.05) is 30.2 Å². The molecule has 3 rings (SSSR count).